The van der Waals surface area contributed by atoms with Crippen LogP contribution in [0.25, 0.3) is 0 Å². The molecule has 1 aromatic carbocycles. The van der Waals surface area contributed by atoms with Crippen LogP contribution in [0.15, 0.2) is 30.6 Å². The molecule has 0 atom stereocenters. The van der Waals surface area contributed by atoms with Gasteiger partial charge in [0.25, 0.3) is 5.91 Å². The second kappa shape index (κ2) is 7.54. The normalized spacial score (nSPS) is 10.3. The molecule has 2 aromatic rings. The minimum atomic E-state index is -0.252. The average Bonchev–Trinajstić information content (AvgIpc) is 2.47. The van der Waals surface area contributed by atoms with Gasteiger partial charge in [0.15, 0.2) is 0 Å². The summed E-state index contributed by atoms with van der Waals surface area (Å²) in [7, 11) is 0. The Kier molecular flexibility index (Phi) is 5.47. The van der Waals surface area contributed by atoms with Gasteiger partial charge >= 0.3 is 0 Å². The summed E-state index contributed by atoms with van der Waals surface area (Å²) >= 11 is 0. The highest BCUT2D eigenvalue weighted by molar-refractivity contribution is 6.02. The lowest BCUT2D eigenvalue weighted by Gasteiger charge is -2.08. The minimum Gasteiger partial charge on any atom is -0.369 e. The first kappa shape index (κ1) is 15.9. The zero-order valence-corrected chi connectivity index (χ0v) is 13.3. The van der Waals surface area contributed by atoms with Crippen molar-refractivity contribution in [2.75, 3.05) is 17.2 Å². The highest BCUT2D eigenvalue weighted by Gasteiger charge is 2.09. The second-order valence-corrected chi connectivity index (χ2v) is 5.40. The highest BCUT2D eigenvalue weighted by Crippen LogP contribution is 2.14. The highest BCUT2D eigenvalue weighted by atomic mass is 16.1. The SMILES string of the molecule is CCCCNc1cnc(C(=O)Nc2cc(C)cc(C)c2)cn1. The van der Waals surface area contributed by atoms with E-state index in [4.69, 9.17) is 0 Å². The van der Waals surface area contributed by atoms with E-state index in [1.54, 1.807) is 6.20 Å². The number of carbonyl (C=O) groups excluding carboxylic acids is 1. The zero-order chi connectivity index (χ0) is 15.9. The summed E-state index contributed by atoms with van der Waals surface area (Å²) in [5, 5.41) is 6.02. The van der Waals surface area contributed by atoms with Crippen LogP contribution in [0, 0.1) is 13.8 Å². The lowest BCUT2D eigenvalue weighted by atomic mass is 10.1. The molecule has 0 saturated heterocycles. The van der Waals surface area contributed by atoms with Crippen molar-refractivity contribution in [3.05, 3.63) is 47.4 Å². The van der Waals surface area contributed by atoms with E-state index in [9.17, 15) is 4.79 Å². The number of aryl methyl sites for hydroxylation is 2. The molecule has 2 N–H and O–H groups in total. The quantitative estimate of drug-likeness (QED) is 0.800. The van der Waals surface area contributed by atoms with Crippen molar-refractivity contribution in [2.24, 2.45) is 0 Å². The number of carbonyl (C=O) groups is 1. The Morgan fingerprint density at radius 2 is 1.82 bits per heavy atom. The van der Waals surface area contributed by atoms with Gasteiger partial charge < -0.3 is 10.6 Å². The van der Waals surface area contributed by atoms with Crippen LogP contribution in [-0.2, 0) is 0 Å². The fourth-order valence-electron chi connectivity index (χ4n) is 2.17. The molecule has 0 radical (unpaired) electrons. The van der Waals surface area contributed by atoms with Crippen molar-refractivity contribution in [1.82, 2.24) is 9.97 Å². The van der Waals surface area contributed by atoms with E-state index in [1.165, 1.54) is 6.20 Å². The van der Waals surface area contributed by atoms with Gasteiger partial charge in [0.05, 0.1) is 12.4 Å². The molecule has 0 spiro atoms. The molecule has 22 heavy (non-hydrogen) atoms. The summed E-state index contributed by atoms with van der Waals surface area (Å²) < 4.78 is 0. The predicted octanol–water partition coefficient (Wildman–Crippen LogP) is 3.56. The Hall–Kier alpha value is -2.43. The van der Waals surface area contributed by atoms with Gasteiger partial charge in [0.2, 0.25) is 0 Å². The number of nitrogens with one attached hydrogen (secondary N) is 2. The summed E-state index contributed by atoms with van der Waals surface area (Å²) in [5.41, 5.74) is 3.29. The number of amides is 1. The Bertz CT molecular complexity index is 617. The fourth-order valence-corrected chi connectivity index (χ4v) is 2.17. The van der Waals surface area contributed by atoms with Gasteiger partial charge in [-0.25, -0.2) is 9.97 Å². The van der Waals surface area contributed by atoms with Crippen LogP contribution < -0.4 is 10.6 Å². The molecule has 116 valence electrons. The molecule has 0 aliphatic carbocycles. The minimum absolute atomic E-state index is 0.252. The van der Waals surface area contributed by atoms with Gasteiger partial charge in [-0.1, -0.05) is 19.4 Å². The van der Waals surface area contributed by atoms with E-state index in [0.717, 1.165) is 36.2 Å². The lowest BCUT2D eigenvalue weighted by Crippen LogP contribution is -2.15. The second-order valence-electron chi connectivity index (χ2n) is 5.40. The number of anilines is 2. The van der Waals surface area contributed by atoms with Crippen LogP contribution >= 0.6 is 0 Å². The number of unbranched alkanes of at least 4 members (excludes halogenated alkanes) is 1. The maximum Gasteiger partial charge on any atom is 0.275 e. The first-order valence-corrected chi connectivity index (χ1v) is 7.54. The third-order valence-electron chi connectivity index (χ3n) is 3.20. The van der Waals surface area contributed by atoms with Crippen LogP contribution in [-0.4, -0.2) is 22.4 Å². The maximum atomic E-state index is 12.2. The first-order chi connectivity index (χ1) is 10.6. The van der Waals surface area contributed by atoms with E-state index >= 15 is 0 Å². The molecule has 5 heteroatoms. The Balaban J connectivity index is 2.00. The topological polar surface area (TPSA) is 66.9 Å². The largest absolute Gasteiger partial charge is 0.369 e. The Labute approximate surface area is 131 Å². The first-order valence-electron chi connectivity index (χ1n) is 7.54. The monoisotopic (exact) mass is 298 g/mol. The zero-order valence-electron chi connectivity index (χ0n) is 13.3. The van der Waals surface area contributed by atoms with Crippen molar-refractivity contribution in [3.8, 4) is 0 Å². The molecule has 1 heterocycles. The van der Waals surface area contributed by atoms with Crippen LogP contribution in [0.4, 0.5) is 11.5 Å². The van der Waals surface area contributed by atoms with Gasteiger partial charge in [-0.05, 0) is 43.5 Å². The molecular formula is C17H22N4O. The van der Waals surface area contributed by atoms with Crippen molar-refractivity contribution in [2.45, 2.75) is 33.6 Å². The number of rotatable bonds is 6. The number of benzene rings is 1. The smallest absolute Gasteiger partial charge is 0.275 e. The molecule has 0 aliphatic heterocycles. The number of hydrogen-bond donors (Lipinski definition) is 2. The van der Waals surface area contributed by atoms with Crippen LogP contribution in [0.5, 0.6) is 0 Å². The lowest BCUT2D eigenvalue weighted by molar-refractivity contribution is 0.102. The molecule has 1 aromatic heterocycles. The summed E-state index contributed by atoms with van der Waals surface area (Å²) in [6.07, 6.45) is 5.28. The van der Waals surface area contributed by atoms with Gasteiger partial charge in [0.1, 0.15) is 11.5 Å². The third kappa shape index (κ3) is 4.55. The van der Waals surface area contributed by atoms with Crippen molar-refractivity contribution in [3.63, 3.8) is 0 Å². The Morgan fingerprint density at radius 1 is 1.09 bits per heavy atom. The molecule has 5 nitrogen and oxygen atoms in total. The van der Waals surface area contributed by atoms with Gasteiger partial charge in [-0.2, -0.15) is 0 Å². The van der Waals surface area contributed by atoms with Crippen molar-refractivity contribution in [1.29, 1.82) is 0 Å². The van der Waals surface area contributed by atoms with E-state index in [1.807, 2.05) is 26.0 Å². The average molecular weight is 298 g/mol. The predicted molar refractivity (Wildman–Crippen MR) is 89.3 cm³/mol. The molecule has 0 fully saturated rings. The molecule has 1 amide bonds. The molecule has 2 rings (SSSR count). The summed E-state index contributed by atoms with van der Waals surface area (Å²) in [4.78, 5) is 20.5. The van der Waals surface area contributed by atoms with Crippen LogP contribution in [0.1, 0.15) is 41.4 Å². The summed E-state index contributed by atoms with van der Waals surface area (Å²) in [6.45, 7) is 6.99. The van der Waals surface area contributed by atoms with Crippen molar-refractivity contribution >= 4 is 17.4 Å². The Morgan fingerprint density at radius 3 is 2.41 bits per heavy atom. The van der Waals surface area contributed by atoms with Gasteiger partial charge in [0, 0.05) is 12.2 Å². The van der Waals surface area contributed by atoms with E-state index in [2.05, 4.69) is 33.6 Å². The third-order valence-corrected chi connectivity index (χ3v) is 3.20. The standard InChI is InChI=1S/C17H22N4O/c1-4-5-6-18-16-11-19-15(10-20-16)17(22)21-14-8-12(2)7-13(3)9-14/h7-11H,4-6H2,1-3H3,(H,18,20)(H,21,22). The molecule has 0 unspecified atom stereocenters. The fraction of sp³-hybridized carbons (Fsp3) is 0.353. The van der Waals surface area contributed by atoms with Crippen LogP contribution in [0.2, 0.25) is 0 Å². The molecule has 0 bridgehead atoms. The molecule has 0 aliphatic rings. The van der Waals surface area contributed by atoms with Crippen molar-refractivity contribution < 1.29 is 4.79 Å². The summed E-state index contributed by atoms with van der Waals surface area (Å²) in [6, 6.07) is 5.92. The van der Waals surface area contributed by atoms with E-state index in [-0.39, 0.29) is 5.91 Å². The summed E-state index contributed by atoms with van der Waals surface area (Å²) in [5.74, 6) is 0.439. The maximum absolute atomic E-state index is 12.2. The number of hydrogen-bond acceptors (Lipinski definition) is 4. The van der Waals surface area contributed by atoms with E-state index < -0.39 is 0 Å². The van der Waals surface area contributed by atoms with Gasteiger partial charge in [-0.15, -0.1) is 0 Å². The molecule has 0 saturated carbocycles. The molecular weight excluding hydrogens is 276 g/mol. The number of aromatic nitrogens is 2. The number of nitrogens with zero attached hydrogens (tertiary/aromatic N) is 2. The van der Waals surface area contributed by atoms with E-state index in [0.29, 0.717) is 11.5 Å². The van der Waals surface area contributed by atoms with Gasteiger partial charge in [-0.3, -0.25) is 4.79 Å². The van der Waals surface area contributed by atoms with Crippen LogP contribution in [0.3, 0.4) is 0 Å².